The quantitative estimate of drug-likeness (QED) is 0.672. The van der Waals surface area contributed by atoms with Gasteiger partial charge < -0.3 is 5.73 Å². The van der Waals surface area contributed by atoms with Crippen molar-refractivity contribution in [2.45, 2.75) is 57.9 Å². The lowest BCUT2D eigenvalue weighted by atomic mass is 9.92. The minimum Gasteiger partial charge on any atom is -0.325 e. The molecule has 2 aliphatic carbocycles. The van der Waals surface area contributed by atoms with Gasteiger partial charge in [0.25, 0.3) is 0 Å². The molecule has 0 radical (unpaired) electrons. The van der Waals surface area contributed by atoms with Gasteiger partial charge in [0.2, 0.25) is 0 Å². The molecule has 1 nitrogen and oxygen atoms in total. The predicted octanol–water partition coefficient (Wildman–Crippen LogP) is 2.69. The van der Waals surface area contributed by atoms with E-state index in [1.165, 1.54) is 38.5 Å². The Morgan fingerprint density at radius 1 is 1.25 bits per heavy atom. The zero-order valence-electron chi connectivity index (χ0n) is 8.40. The molecule has 0 spiro atoms. The van der Waals surface area contributed by atoms with Gasteiger partial charge in [-0.3, -0.25) is 0 Å². The Morgan fingerprint density at radius 2 is 1.75 bits per heavy atom. The highest BCUT2D eigenvalue weighted by Crippen LogP contribution is 2.57. The molecule has 0 heterocycles. The van der Waals surface area contributed by atoms with Gasteiger partial charge in [0.05, 0.1) is 0 Å². The van der Waals surface area contributed by atoms with E-state index in [1.54, 1.807) is 0 Å². The molecule has 2 rings (SSSR count). The SMILES string of the molecule is CC1(C)CC1(N)CC1CCCC1. The van der Waals surface area contributed by atoms with Crippen molar-refractivity contribution in [3.8, 4) is 0 Å². The maximum absolute atomic E-state index is 6.30. The Balaban J connectivity index is 1.87. The van der Waals surface area contributed by atoms with E-state index >= 15 is 0 Å². The number of rotatable bonds is 2. The van der Waals surface area contributed by atoms with Crippen LogP contribution in [0.15, 0.2) is 0 Å². The summed E-state index contributed by atoms with van der Waals surface area (Å²) >= 11 is 0. The Morgan fingerprint density at radius 3 is 2.17 bits per heavy atom. The minimum atomic E-state index is 0.210. The Labute approximate surface area is 75.7 Å². The van der Waals surface area contributed by atoms with Crippen LogP contribution in [0.2, 0.25) is 0 Å². The Bertz CT molecular complexity index is 179. The average Bonchev–Trinajstić information content (AvgIpc) is 2.36. The van der Waals surface area contributed by atoms with Crippen molar-refractivity contribution in [2.24, 2.45) is 17.1 Å². The van der Waals surface area contributed by atoms with Gasteiger partial charge in [-0.15, -0.1) is 0 Å². The van der Waals surface area contributed by atoms with Gasteiger partial charge >= 0.3 is 0 Å². The molecule has 1 atom stereocenters. The predicted molar refractivity (Wildman–Crippen MR) is 51.9 cm³/mol. The summed E-state index contributed by atoms with van der Waals surface area (Å²) in [7, 11) is 0. The monoisotopic (exact) mass is 167 g/mol. The molecule has 2 saturated carbocycles. The normalized spacial score (nSPS) is 40.2. The van der Waals surface area contributed by atoms with Crippen LogP contribution in [0.25, 0.3) is 0 Å². The lowest BCUT2D eigenvalue weighted by Gasteiger charge is -2.19. The lowest BCUT2D eigenvalue weighted by molar-refractivity contribution is 0.375. The smallest absolute Gasteiger partial charge is 0.0215 e. The largest absolute Gasteiger partial charge is 0.325 e. The first-order chi connectivity index (χ1) is 5.54. The van der Waals surface area contributed by atoms with Gasteiger partial charge in [0.15, 0.2) is 0 Å². The standard InChI is InChI=1S/C11H21N/c1-10(2)8-11(10,12)7-9-5-3-4-6-9/h9H,3-8,12H2,1-2H3. The van der Waals surface area contributed by atoms with Gasteiger partial charge in [-0.2, -0.15) is 0 Å². The van der Waals surface area contributed by atoms with Crippen LogP contribution in [0.1, 0.15) is 52.4 Å². The number of nitrogens with two attached hydrogens (primary N) is 1. The molecule has 0 aromatic heterocycles. The lowest BCUT2D eigenvalue weighted by Crippen LogP contribution is -2.30. The molecule has 1 unspecified atom stereocenters. The molecular formula is C11H21N. The summed E-state index contributed by atoms with van der Waals surface area (Å²) in [5.74, 6) is 0.955. The molecule has 70 valence electrons. The van der Waals surface area contributed by atoms with Crippen LogP contribution in [0, 0.1) is 11.3 Å². The van der Waals surface area contributed by atoms with Gasteiger partial charge in [0, 0.05) is 5.54 Å². The van der Waals surface area contributed by atoms with E-state index in [-0.39, 0.29) is 5.54 Å². The van der Waals surface area contributed by atoms with Crippen molar-refractivity contribution in [3.63, 3.8) is 0 Å². The highest BCUT2D eigenvalue weighted by atomic mass is 14.9. The van der Waals surface area contributed by atoms with Crippen LogP contribution in [-0.4, -0.2) is 5.54 Å². The van der Waals surface area contributed by atoms with Crippen LogP contribution >= 0.6 is 0 Å². The molecule has 0 aromatic rings. The van der Waals surface area contributed by atoms with Crippen LogP contribution in [-0.2, 0) is 0 Å². The van der Waals surface area contributed by atoms with Crippen molar-refractivity contribution < 1.29 is 0 Å². The third-order valence-electron chi connectivity index (χ3n) is 4.11. The second-order valence-corrected chi connectivity index (χ2v) is 5.57. The van der Waals surface area contributed by atoms with Crippen LogP contribution in [0.4, 0.5) is 0 Å². The summed E-state index contributed by atoms with van der Waals surface area (Å²) < 4.78 is 0. The number of hydrogen-bond donors (Lipinski definition) is 1. The van der Waals surface area contributed by atoms with Crippen molar-refractivity contribution >= 4 is 0 Å². The van der Waals surface area contributed by atoms with Crippen molar-refractivity contribution in [1.82, 2.24) is 0 Å². The third kappa shape index (κ3) is 1.28. The first kappa shape index (κ1) is 8.55. The Hall–Kier alpha value is -0.0400. The van der Waals surface area contributed by atoms with Gasteiger partial charge in [0.1, 0.15) is 0 Å². The summed E-state index contributed by atoms with van der Waals surface area (Å²) in [5.41, 5.74) is 6.95. The van der Waals surface area contributed by atoms with E-state index in [0.29, 0.717) is 5.41 Å². The van der Waals surface area contributed by atoms with Gasteiger partial charge in [-0.25, -0.2) is 0 Å². The fourth-order valence-electron chi connectivity index (χ4n) is 2.82. The third-order valence-corrected chi connectivity index (χ3v) is 4.11. The average molecular weight is 167 g/mol. The summed E-state index contributed by atoms with van der Waals surface area (Å²) in [4.78, 5) is 0. The zero-order valence-corrected chi connectivity index (χ0v) is 8.40. The van der Waals surface area contributed by atoms with E-state index in [2.05, 4.69) is 13.8 Å². The topological polar surface area (TPSA) is 26.0 Å². The molecule has 2 N–H and O–H groups in total. The van der Waals surface area contributed by atoms with E-state index in [0.717, 1.165) is 5.92 Å². The maximum atomic E-state index is 6.30. The molecule has 2 fully saturated rings. The van der Waals surface area contributed by atoms with E-state index in [4.69, 9.17) is 5.73 Å². The molecular weight excluding hydrogens is 146 g/mol. The van der Waals surface area contributed by atoms with E-state index < -0.39 is 0 Å². The van der Waals surface area contributed by atoms with E-state index in [1.807, 2.05) is 0 Å². The van der Waals surface area contributed by atoms with Crippen molar-refractivity contribution in [3.05, 3.63) is 0 Å². The molecule has 0 bridgehead atoms. The van der Waals surface area contributed by atoms with Crippen LogP contribution < -0.4 is 5.73 Å². The molecule has 2 aliphatic rings. The molecule has 0 amide bonds. The second-order valence-electron chi connectivity index (χ2n) is 5.57. The minimum absolute atomic E-state index is 0.210. The fraction of sp³-hybridized carbons (Fsp3) is 1.00. The van der Waals surface area contributed by atoms with Crippen molar-refractivity contribution in [1.29, 1.82) is 0 Å². The summed E-state index contributed by atoms with van der Waals surface area (Å²) in [6.07, 6.45) is 8.31. The maximum Gasteiger partial charge on any atom is 0.0215 e. The highest BCUT2D eigenvalue weighted by Gasteiger charge is 2.58. The van der Waals surface area contributed by atoms with Gasteiger partial charge in [-0.05, 0) is 24.2 Å². The molecule has 12 heavy (non-hydrogen) atoms. The summed E-state index contributed by atoms with van der Waals surface area (Å²) in [6, 6.07) is 0. The summed E-state index contributed by atoms with van der Waals surface area (Å²) in [6.45, 7) is 4.61. The molecule has 0 aromatic carbocycles. The zero-order chi connectivity index (χ0) is 8.82. The second kappa shape index (κ2) is 2.47. The summed E-state index contributed by atoms with van der Waals surface area (Å²) in [5, 5.41) is 0. The molecule has 1 heteroatoms. The van der Waals surface area contributed by atoms with Crippen LogP contribution in [0.5, 0.6) is 0 Å². The van der Waals surface area contributed by atoms with E-state index in [9.17, 15) is 0 Å². The van der Waals surface area contributed by atoms with Crippen molar-refractivity contribution in [2.75, 3.05) is 0 Å². The first-order valence-corrected chi connectivity index (χ1v) is 5.32. The molecule has 0 aliphatic heterocycles. The highest BCUT2D eigenvalue weighted by molar-refractivity contribution is 5.15. The molecule has 0 saturated heterocycles. The van der Waals surface area contributed by atoms with Crippen LogP contribution in [0.3, 0.4) is 0 Å². The fourth-order valence-corrected chi connectivity index (χ4v) is 2.82. The Kier molecular flexibility index (Phi) is 1.76. The first-order valence-electron chi connectivity index (χ1n) is 5.32. The van der Waals surface area contributed by atoms with Gasteiger partial charge in [-0.1, -0.05) is 39.5 Å². The number of hydrogen-bond acceptors (Lipinski definition) is 1.